The highest BCUT2D eigenvalue weighted by Crippen LogP contribution is 2.31. The predicted octanol–water partition coefficient (Wildman–Crippen LogP) is 3.19. The summed E-state index contributed by atoms with van der Waals surface area (Å²) in [6, 6.07) is 7.90. The lowest BCUT2D eigenvalue weighted by atomic mass is 10.0. The van der Waals surface area contributed by atoms with E-state index in [2.05, 4.69) is 17.1 Å². The highest BCUT2D eigenvalue weighted by Gasteiger charge is 2.39. The molecule has 2 aliphatic rings. The van der Waals surface area contributed by atoms with Crippen molar-refractivity contribution in [3.8, 4) is 0 Å². The van der Waals surface area contributed by atoms with Crippen LogP contribution in [-0.4, -0.2) is 43.5 Å². The molecule has 20 heavy (non-hydrogen) atoms. The highest BCUT2D eigenvalue weighted by molar-refractivity contribution is 6.30. The lowest BCUT2D eigenvalue weighted by molar-refractivity contribution is -0.184. The second kappa shape index (κ2) is 6.27. The number of benzene rings is 1. The van der Waals surface area contributed by atoms with Crippen LogP contribution in [0.15, 0.2) is 30.3 Å². The molecule has 3 rings (SSSR count). The van der Waals surface area contributed by atoms with Crippen molar-refractivity contribution < 1.29 is 9.47 Å². The van der Waals surface area contributed by atoms with E-state index in [1.807, 2.05) is 24.3 Å². The minimum Gasteiger partial charge on any atom is -0.347 e. The Morgan fingerprint density at radius 3 is 2.40 bits per heavy atom. The summed E-state index contributed by atoms with van der Waals surface area (Å²) in [4.78, 5) is 2.43. The van der Waals surface area contributed by atoms with Gasteiger partial charge >= 0.3 is 0 Å². The molecule has 1 aromatic carbocycles. The molecule has 2 saturated heterocycles. The van der Waals surface area contributed by atoms with E-state index in [1.165, 1.54) is 5.56 Å². The largest absolute Gasteiger partial charge is 0.347 e. The van der Waals surface area contributed by atoms with E-state index < -0.39 is 0 Å². The summed E-state index contributed by atoms with van der Waals surface area (Å²) in [5, 5.41) is 0.778. The average Bonchev–Trinajstić information content (AvgIpc) is 2.92. The third kappa shape index (κ3) is 3.41. The molecule has 0 aromatic heterocycles. The molecule has 2 aliphatic heterocycles. The number of piperidine rings is 1. The molecule has 2 fully saturated rings. The number of halogens is 1. The monoisotopic (exact) mass is 293 g/mol. The first-order chi connectivity index (χ1) is 9.76. The van der Waals surface area contributed by atoms with Crippen molar-refractivity contribution in [2.75, 3.05) is 32.8 Å². The predicted molar refractivity (Wildman–Crippen MR) is 80.8 cm³/mol. The van der Waals surface area contributed by atoms with E-state index >= 15 is 0 Å². The molecule has 1 spiro atoms. The van der Waals surface area contributed by atoms with Gasteiger partial charge in [0, 0.05) is 37.5 Å². The zero-order valence-corrected chi connectivity index (χ0v) is 12.3. The fourth-order valence-corrected chi connectivity index (χ4v) is 2.90. The maximum absolute atomic E-state index is 5.87. The van der Waals surface area contributed by atoms with E-state index in [4.69, 9.17) is 21.1 Å². The fourth-order valence-electron chi connectivity index (χ4n) is 2.77. The van der Waals surface area contributed by atoms with Crippen molar-refractivity contribution in [3.05, 3.63) is 40.9 Å². The van der Waals surface area contributed by atoms with Crippen LogP contribution in [0, 0.1) is 0 Å². The maximum atomic E-state index is 5.87. The molecule has 0 bridgehead atoms. The summed E-state index contributed by atoms with van der Waals surface area (Å²) in [5.41, 5.74) is 1.19. The second-order valence-corrected chi connectivity index (χ2v) is 5.80. The number of likely N-dealkylation sites (tertiary alicyclic amines) is 1. The fraction of sp³-hybridized carbons (Fsp3) is 0.500. The Morgan fingerprint density at radius 2 is 1.75 bits per heavy atom. The standard InChI is InChI=1S/C16H20ClNO2/c17-15-5-3-14(4-6-15)2-1-9-18-10-7-16(8-11-18)19-12-13-20-16/h1-6H,7-13H2. The van der Waals surface area contributed by atoms with Gasteiger partial charge in [0.2, 0.25) is 0 Å². The van der Waals surface area contributed by atoms with Crippen LogP contribution in [0.3, 0.4) is 0 Å². The van der Waals surface area contributed by atoms with Gasteiger partial charge in [-0.05, 0) is 17.7 Å². The number of hydrogen-bond donors (Lipinski definition) is 0. The Balaban J connectivity index is 1.46. The molecular formula is C16H20ClNO2. The van der Waals surface area contributed by atoms with Crippen LogP contribution in [0.4, 0.5) is 0 Å². The van der Waals surface area contributed by atoms with Gasteiger partial charge in [0.15, 0.2) is 5.79 Å². The normalized spacial score (nSPS) is 22.9. The molecule has 0 unspecified atom stereocenters. The summed E-state index contributed by atoms with van der Waals surface area (Å²) >= 11 is 5.87. The van der Waals surface area contributed by atoms with Crippen molar-refractivity contribution in [1.82, 2.24) is 4.90 Å². The highest BCUT2D eigenvalue weighted by atomic mass is 35.5. The van der Waals surface area contributed by atoms with Gasteiger partial charge in [0.1, 0.15) is 0 Å². The van der Waals surface area contributed by atoms with Gasteiger partial charge in [0.05, 0.1) is 13.2 Å². The zero-order valence-electron chi connectivity index (χ0n) is 11.6. The molecule has 4 heteroatoms. The van der Waals surface area contributed by atoms with Gasteiger partial charge < -0.3 is 9.47 Å². The molecule has 0 atom stereocenters. The Hall–Kier alpha value is -0.870. The lowest BCUT2D eigenvalue weighted by Gasteiger charge is -2.37. The van der Waals surface area contributed by atoms with Crippen molar-refractivity contribution >= 4 is 17.7 Å². The van der Waals surface area contributed by atoms with Crippen LogP contribution < -0.4 is 0 Å². The minimum absolute atomic E-state index is 0.267. The maximum Gasteiger partial charge on any atom is 0.170 e. The molecule has 3 nitrogen and oxygen atoms in total. The molecule has 0 radical (unpaired) electrons. The van der Waals surface area contributed by atoms with Gasteiger partial charge in [-0.15, -0.1) is 0 Å². The topological polar surface area (TPSA) is 21.7 Å². The van der Waals surface area contributed by atoms with Crippen LogP contribution in [-0.2, 0) is 9.47 Å². The summed E-state index contributed by atoms with van der Waals surface area (Å²) < 4.78 is 11.5. The molecule has 2 heterocycles. The first-order valence-corrected chi connectivity index (χ1v) is 7.56. The Bertz CT molecular complexity index is 456. The third-order valence-electron chi connectivity index (χ3n) is 3.98. The van der Waals surface area contributed by atoms with Crippen molar-refractivity contribution in [1.29, 1.82) is 0 Å². The SMILES string of the molecule is Clc1ccc(C=CCN2CCC3(CC2)OCCO3)cc1. The van der Waals surface area contributed by atoms with Gasteiger partial charge in [-0.3, -0.25) is 4.90 Å². The summed E-state index contributed by atoms with van der Waals surface area (Å²) in [5.74, 6) is -0.267. The summed E-state index contributed by atoms with van der Waals surface area (Å²) in [7, 11) is 0. The zero-order chi connectivity index (χ0) is 13.8. The number of rotatable bonds is 3. The third-order valence-corrected chi connectivity index (χ3v) is 4.23. The lowest BCUT2D eigenvalue weighted by Crippen LogP contribution is -2.45. The minimum atomic E-state index is -0.267. The molecule has 108 valence electrons. The molecule has 0 amide bonds. The van der Waals surface area contributed by atoms with Crippen LogP contribution in [0.2, 0.25) is 5.02 Å². The smallest absolute Gasteiger partial charge is 0.170 e. The Labute approximate surface area is 125 Å². The number of hydrogen-bond acceptors (Lipinski definition) is 3. The Morgan fingerprint density at radius 1 is 1.10 bits per heavy atom. The van der Waals surface area contributed by atoms with E-state index in [-0.39, 0.29) is 5.79 Å². The second-order valence-electron chi connectivity index (χ2n) is 5.36. The summed E-state index contributed by atoms with van der Waals surface area (Å²) in [6.07, 6.45) is 6.30. The van der Waals surface area contributed by atoms with Crippen LogP contribution in [0.5, 0.6) is 0 Å². The van der Waals surface area contributed by atoms with Gasteiger partial charge in [-0.25, -0.2) is 0 Å². The average molecular weight is 294 g/mol. The first-order valence-electron chi connectivity index (χ1n) is 7.18. The number of nitrogens with zero attached hydrogens (tertiary/aromatic N) is 1. The Kier molecular flexibility index (Phi) is 4.41. The van der Waals surface area contributed by atoms with E-state index in [0.29, 0.717) is 0 Å². The molecule has 0 N–H and O–H groups in total. The van der Waals surface area contributed by atoms with Crippen molar-refractivity contribution in [3.63, 3.8) is 0 Å². The van der Waals surface area contributed by atoms with Crippen LogP contribution >= 0.6 is 11.6 Å². The van der Waals surface area contributed by atoms with Crippen LogP contribution in [0.1, 0.15) is 18.4 Å². The summed E-state index contributed by atoms with van der Waals surface area (Å²) in [6.45, 7) is 4.53. The number of ether oxygens (including phenoxy) is 2. The van der Waals surface area contributed by atoms with Crippen molar-refractivity contribution in [2.45, 2.75) is 18.6 Å². The van der Waals surface area contributed by atoms with E-state index in [1.54, 1.807) is 0 Å². The van der Waals surface area contributed by atoms with Gasteiger partial charge in [-0.2, -0.15) is 0 Å². The molecule has 0 aliphatic carbocycles. The van der Waals surface area contributed by atoms with Crippen molar-refractivity contribution in [2.24, 2.45) is 0 Å². The molecular weight excluding hydrogens is 274 g/mol. The molecule has 0 saturated carbocycles. The quantitative estimate of drug-likeness (QED) is 0.854. The van der Waals surface area contributed by atoms with E-state index in [9.17, 15) is 0 Å². The van der Waals surface area contributed by atoms with Gasteiger partial charge in [-0.1, -0.05) is 35.9 Å². The molecule has 1 aromatic rings. The first kappa shape index (κ1) is 14.1. The van der Waals surface area contributed by atoms with Crippen LogP contribution in [0.25, 0.3) is 6.08 Å². The van der Waals surface area contributed by atoms with E-state index in [0.717, 1.165) is 50.7 Å². The van der Waals surface area contributed by atoms with Gasteiger partial charge in [0.25, 0.3) is 0 Å².